The SMILES string of the molecule is C[C@@H]1CCCN(C(=O)CSc2nc3cc([N+](=O)[O-])ccc3n2-c2ccc(F)cc2)C1. The highest BCUT2D eigenvalue weighted by molar-refractivity contribution is 7.99. The van der Waals surface area contributed by atoms with Crippen molar-refractivity contribution in [2.45, 2.75) is 24.9 Å². The Morgan fingerprint density at radius 3 is 2.77 bits per heavy atom. The number of imidazole rings is 1. The van der Waals surface area contributed by atoms with Crippen LogP contribution < -0.4 is 0 Å². The molecule has 1 saturated heterocycles. The third-order valence-corrected chi connectivity index (χ3v) is 6.16. The van der Waals surface area contributed by atoms with Gasteiger partial charge in [0.25, 0.3) is 5.69 Å². The van der Waals surface area contributed by atoms with E-state index < -0.39 is 4.92 Å². The summed E-state index contributed by atoms with van der Waals surface area (Å²) < 4.78 is 15.2. The number of nitro benzene ring substituents is 1. The Morgan fingerprint density at radius 1 is 1.30 bits per heavy atom. The monoisotopic (exact) mass is 428 g/mol. The lowest BCUT2D eigenvalue weighted by Crippen LogP contribution is -2.40. The van der Waals surface area contributed by atoms with Gasteiger partial charge in [-0.1, -0.05) is 18.7 Å². The Morgan fingerprint density at radius 2 is 2.07 bits per heavy atom. The molecule has 0 spiro atoms. The first-order chi connectivity index (χ1) is 14.4. The van der Waals surface area contributed by atoms with Crippen molar-refractivity contribution in [3.05, 3.63) is 58.4 Å². The molecule has 1 atom stereocenters. The number of aromatic nitrogens is 2. The van der Waals surface area contributed by atoms with Gasteiger partial charge in [0.2, 0.25) is 5.91 Å². The molecule has 7 nitrogen and oxygen atoms in total. The standard InChI is InChI=1S/C21H21FN4O3S/c1-14-3-2-10-24(12-14)20(27)13-30-21-23-18-11-17(26(28)29)8-9-19(18)25(21)16-6-4-15(22)5-7-16/h4-9,11,14H,2-3,10,12-13H2,1H3/t14-/m1/s1. The smallest absolute Gasteiger partial charge is 0.271 e. The number of nitro groups is 1. The maximum absolute atomic E-state index is 13.4. The van der Waals surface area contributed by atoms with Crippen LogP contribution in [0.5, 0.6) is 0 Å². The van der Waals surface area contributed by atoms with E-state index in [1.54, 1.807) is 22.8 Å². The summed E-state index contributed by atoms with van der Waals surface area (Å²) >= 11 is 1.29. The topological polar surface area (TPSA) is 81.3 Å². The Balaban J connectivity index is 1.66. The molecule has 2 aromatic carbocycles. The minimum Gasteiger partial charge on any atom is -0.342 e. The molecule has 1 amide bonds. The van der Waals surface area contributed by atoms with E-state index in [0.29, 0.717) is 27.8 Å². The van der Waals surface area contributed by atoms with E-state index in [0.717, 1.165) is 25.9 Å². The second-order valence-electron chi connectivity index (χ2n) is 7.51. The van der Waals surface area contributed by atoms with E-state index in [9.17, 15) is 19.3 Å². The number of carbonyl (C=O) groups excluding carboxylic acids is 1. The fraction of sp³-hybridized carbons (Fsp3) is 0.333. The predicted octanol–water partition coefficient (Wildman–Crippen LogP) is 4.42. The molecule has 0 bridgehead atoms. The number of halogens is 1. The van der Waals surface area contributed by atoms with Gasteiger partial charge in [-0.05, 0) is 49.1 Å². The Labute approximate surface area is 177 Å². The molecule has 4 rings (SSSR count). The summed E-state index contributed by atoms with van der Waals surface area (Å²) in [5, 5.41) is 11.7. The van der Waals surface area contributed by atoms with Crippen LogP contribution in [0.2, 0.25) is 0 Å². The summed E-state index contributed by atoms with van der Waals surface area (Å²) in [6.07, 6.45) is 2.14. The summed E-state index contributed by atoms with van der Waals surface area (Å²) in [5.41, 5.74) is 1.74. The Kier molecular flexibility index (Phi) is 5.72. The van der Waals surface area contributed by atoms with Gasteiger partial charge < -0.3 is 4.90 Å². The van der Waals surface area contributed by atoms with Crippen LogP contribution in [-0.2, 0) is 4.79 Å². The van der Waals surface area contributed by atoms with Crippen LogP contribution in [0.1, 0.15) is 19.8 Å². The second-order valence-corrected chi connectivity index (χ2v) is 8.45. The number of amides is 1. The lowest BCUT2D eigenvalue weighted by molar-refractivity contribution is -0.384. The van der Waals surface area contributed by atoms with Crippen LogP contribution >= 0.6 is 11.8 Å². The first kappa shape index (κ1) is 20.3. The van der Waals surface area contributed by atoms with Gasteiger partial charge in [0.15, 0.2) is 5.16 Å². The van der Waals surface area contributed by atoms with Gasteiger partial charge in [-0.2, -0.15) is 0 Å². The van der Waals surface area contributed by atoms with E-state index in [2.05, 4.69) is 11.9 Å². The minimum atomic E-state index is -0.468. The van der Waals surface area contributed by atoms with Crippen LogP contribution in [0.25, 0.3) is 16.7 Å². The van der Waals surface area contributed by atoms with Crippen LogP contribution in [0.3, 0.4) is 0 Å². The first-order valence-electron chi connectivity index (χ1n) is 9.76. The molecule has 0 N–H and O–H groups in total. The number of nitrogens with zero attached hydrogens (tertiary/aromatic N) is 4. The van der Waals surface area contributed by atoms with Crippen LogP contribution in [0.15, 0.2) is 47.6 Å². The molecule has 1 aliphatic rings. The Bertz CT molecular complexity index is 1100. The fourth-order valence-electron chi connectivity index (χ4n) is 3.73. The highest BCUT2D eigenvalue weighted by Gasteiger charge is 2.22. The maximum Gasteiger partial charge on any atom is 0.271 e. The van der Waals surface area contributed by atoms with Crippen molar-refractivity contribution in [1.29, 1.82) is 0 Å². The summed E-state index contributed by atoms with van der Waals surface area (Å²) in [4.78, 5) is 29.8. The summed E-state index contributed by atoms with van der Waals surface area (Å²) in [7, 11) is 0. The number of piperidine rings is 1. The van der Waals surface area contributed by atoms with Crippen molar-refractivity contribution < 1.29 is 14.1 Å². The van der Waals surface area contributed by atoms with Gasteiger partial charge in [-0.25, -0.2) is 9.37 Å². The Hall–Kier alpha value is -2.94. The number of benzene rings is 2. The molecule has 0 aliphatic carbocycles. The molecule has 1 fully saturated rings. The van der Waals surface area contributed by atoms with E-state index >= 15 is 0 Å². The molecule has 2 heterocycles. The molecule has 1 aliphatic heterocycles. The van der Waals surface area contributed by atoms with E-state index in [4.69, 9.17) is 0 Å². The molecular weight excluding hydrogens is 407 g/mol. The zero-order valence-corrected chi connectivity index (χ0v) is 17.3. The number of likely N-dealkylation sites (tertiary alicyclic amines) is 1. The summed E-state index contributed by atoms with van der Waals surface area (Å²) in [6, 6.07) is 10.4. The van der Waals surface area contributed by atoms with Gasteiger partial charge in [0.1, 0.15) is 5.82 Å². The number of hydrogen-bond donors (Lipinski definition) is 0. The second kappa shape index (κ2) is 8.43. The molecule has 156 valence electrons. The fourth-order valence-corrected chi connectivity index (χ4v) is 4.66. The van der Waals surface area contributed by atoms with Gasteiger partial charge in [-0.15, -0.1) is 0 Å². The van der Waals surface area contributed by atoms with E-state index in [1.807, 2.05) is 4.90 Å². The van der Waals surface area contributed by atoms with Crippen molar-refractivity contribution in [3.8, 4) is 5.69 Å². The molecule has 0 unspecified atom stereocenters. The van der Waals surface area contributed by atoms with E-state index in [-0.39, 0.29) is 23.2 Å². The minimum absolute atomic E-state index is 0.0512. The third-order valence-electron chi connectivity index (χ3n) is 5.24. The maximum atomic E-state index is 13.4. The van der Waals surface area contributed by atoms with E-state index in [1.165, 1.54) is 36.0 Å². The number of rotatable bonds is 5. The highest BCUT2D eigenvalue weighted by Crippen LogP contribution is 2.30. The lowest BCUT2D eigenvalue weighted by Gasteiger charge is -2.30. The van der Waals surface area contributed by atoms with Gasteiger partial charge >= 0.3 is 0 Å². The number of fused-ring (bicyclic) bond motifs is 1. The zero-order chi connectivity index (χ0) is 21.3. The average Bonchev–Trinajstić information content (AvgIpc) is 3.10. The molecule has 3 aromatic rings. The predicted molar refractivity (Wildman–Crippen MR) is 113 cm³/mol. The number of non-ortho nitro benzene ring substituents is 1. The highest BCUT2D eigenvalue weighted by atomic mass is 32.2. The number of hydrogen-bond acceptors (Lipinski definition) is 5. The van der Waals surface area contributed by atoms with Crippen LogP contribution in [0, 0.1) is 21.8 Å². The van der Waals surface area contributed by atoms with Crippen molar-refractivity contribution in [3.63, 3.8) is 0 Å². The van der Waals surface area contributed by atoms with Crippen LogP contribution in [0.4, 0.5) is 10.1 Å². The van der Waals surface area contributed by atoms with Crippen molar-refractivity contribution in [2.24, 2.45) is 5.92 Å². The van der Waals surface area contributed by atoms with Gasteiger partial charge in [0.05, 0.1) is 21.7 Å². The third kappa shape index (κ3) is 4.16. The van der Waals surface area contributed by atoms with Gasteiger partial charge in [-0.3, -0.25) is 19.5 Å². The van der Waals surface area contributed by atoms with Crippen molar-refractivity contribution in [2.75, 3.05) is 18.8 Å². The number of thioether (sulfide) groups is 1. The first-order valence-corrected chi connectivity index (χ1v) is 10.7. The molecular formula is C21H21FN4O3S. The van der Waals surface area contributed by atoms with Gasteiger partial charge in [0, 0.05) is 30.9 Å². The summed E-state index contributed by atoms with van der Waals surface area (Å²) in [5.74, 6) is 0.411. The summed E-state index contributed by atoms with van der Waals surface area (Å²) in [6.45, 7) is 3.68. The molecule has 0 saturated carbocycles. The van der Waals surface area contributed by atoms with Crippen LogP contribution in [-0.4, -0.2) is 44.1 Å². The van der Waals surface area contributed by atoms with Crippen molar-refractivity contribution in [1.82, 2.24) is 14.5 Å². The molecule has 9 heteroatoms. The quantitative estimate of drug-likeness (QED) is 0.341. The zero-order valence-electron chi connectivity index (χ0n) is 16.5. The molecule has 30 heavy (non-hydrogen) atoms. The number of carbonyl (C=O) groups is 1. The normalized spacial score (nSPS) is 16.7. The molecule has 0 radical (unpaired) electrons. The van der Waals surface area contributed by atoms with Crippen molar-refractivity contribution >= 4 is 34.4 Å². The molecule has 1 aromatic heterocycles. The largest absolute Gasteiger partial charge is 0.342 e. The average molecular weight is 428 g/mol. The lowest BCUT2D eigenvalue weighted by atomic mass is 10.0.